The Morgan fingerprint density at radius 1 is 0.434 bits per heavy atom. The van der Waals surface area contributed by atoms with Crippen molar-refractivity contribution in [1.82, 2.24) is 5.32 Å². The number of carbonyl (C=O) groups is 2. The van der Waals surface area contributed by atoms with Crippen molar-refractivity contribution in [1.29, 1.82) is 0 Å². The topological polar surface area (TPSA) is 111 Å². The molecule has 0 heterocycles. The van der Waals surface area contributed by atoms with E-state index in [0.717, 1.165) is 135 Å². The van der Waals surface area contributed by atoms with E-state index >= 15 is 0 Å². The van der Waals surface area contributed by atoms with Gasteiger partial charge in [-0.2, -0.15) is 0 Å². The number of hydrogen-bond donors (Lipinski definition) is 2. The molecule has 0 radical (unpaired) electrons. The van der Waals surface area contributed by atoms with Crippen molar-refractivity contribution >= 4 is 19.7 Å². The van der Waals surface area contributed by atoms with Crippen LogP contribution in [0.3, 0.4) is 0 Å². The third-order valence-corrected chi connectivity index (χ3v) is 15.1. The molecular formula is C73H126N2O7P+. The molecule has 0 aliphatic carbocycles. The highest BCUT2D eigenvalue weighted by Gasteiger charge is 2.30. The molecule has 3 atom stereocenters. The summed E-state index contributed by atoms with van der Waals surface area (Å²) in [5, 5.41) is 3.05. The summed E-state index contributed by atoms with van der Waals surface area (Å²) in [5.41, 5.74) is 0. The molecular weight excluding hydrogens is 1050 g/mol. The minimum absolute atomic E-state index is 0.0259. The minimum atomic E-state index is -4.47. The van der Waals surface area contributed by atoms with Crippen LogP contribution >= 0.6 is 7.82 Å². The van der Waals surface area contributed by atoms with Crippen LogP contribution in [0.2, 0.25) is 0 Å². The lowest BCUT2D eigenvalue weighted by atomic mass is 10.1. The maximum absolute atomic E-state index is 13.6. The van der Waals surface area contributed by atoms with Gasteiger partial charge in [0.15, 0.2) is 0 Å². The molecule has 1 amide bonds. The number of hydrogen-bond acceptors (Lipinski definition) is 6. The monoisotopic (exact) mass is 1170 g/mol. The Balaban J connectivity index is 5.22. The van der Waals surface area contributed by atoms with E-state index in [1.54, 1.807) is 0 Å². The molecule has 0 rings (SSSR count). The van der Waals surface area contributed by atoms with Crippen LogP contribution in [0, 0.1) is 0 Å². The molecule has 0 aromatic heterocycles. The quantitative estimate of drug-likeness (QED) is 0.0205. The molecule has 10 heteroatoms. The van der Waals surface area contributed by atoms with Crippen molar-refractivity contribution in [2.45, 2.75) is 277 Å². The summed E-state index contributed by atoms with van der Waals surface area (Å²) in [6.45, 7) is 6.83. The van der Waals surface area contributed by atoms with Gasteiger partial charge in [-0.1, -0.05) is 258 Å². The van der Waals surface area contributed by atoms with E-state index in [-0.39, 0.29) is 31.5 Å². The average Bonchev–Trinajstić information content (AvgIpc) is 3.51. The van der Waals surface area contributed by atoms with Crippen LogP contribution < -0.4 is 5.32 Å². The Morgan fingerprint density at radius 2 is 0.771 bits per heavy atom. The molecule has 0 bridgehead atoms. The van der Waals surface area contributed by atoms with E-state index in [1.165, 1.54) is 89.9 Å². The number of rotatable bonds is 59. The Morgan fingerprint density at radius 3 is 1.18 bits per heavy atom. The second-order valence-corrected chi connectivity index (χ2v) is 24.7. The number of allylic oxidation sites excluding steroid dienone is 21. The first-order valence-corrected chi connectivity index (χ1v) is 35.0. The molecule has 0 aromatic rings. The minimum Gasteiger partial charge on any atom is -0.456 e. The fourth-order valence-electron chi connectivity index (χ4n) is 8.93. The highest BCUT2D eigenvalue weighted by molar-refractivity contribution is 7.47. The lowest BCUT2D eigenvalue weighted by Gasteiger charge is -2.27. The predicted octanol–water partition coefficient (Wildman–Crippen LogP) is 21.2. The second kappa shape index (κ2) is 61.2. The molecule has 474 valence electrons. The van der Waals surface area contributed by atoms with E-state index in [9.17, 15) is 19.0 Å². The number of nitrogens with one attached hydrogen (secondary N) is 1. The zero-order valence-electron chi connectivity index (χ0n) is 54.1. The van der Waals surface area contributed by atoms with Crippen LogP contribution in [-0.4, -0.2) is 74.3 Å². The number of esters is 1. The fraction of sp³-hybridized carbons (Fsp3) is 0.671. The van der Waals surface area contributed by atoms with Crippen LogP contribution in [0.5, 0.6) is 0 Å². The van der Waals surface area contributed by atoms with E-state index in [2.05, 4.69) is 148 Å². The molecule has 0 saturated carbocycles. The normalized spacial score (nSPS) is 14.4. The van der Waals surface area contributed by atoms with Gasteiger partial charge >= 0.3 is 13.8 Å². The van der Waals surface area contributed by atoms with Gasteiger partial charge in [-0.25, -0.2) is 4.57 Å². The van der Waals surface area contributed by atoms with Gasteiger partial charge in [0.25, 0.3) is 0 Å². The zero-order chi connectivity index (χ0) is 60.7. The number of amides is 1. The third-order valence-electron chi connectivity index (χ3n) is 14.1. The number of phosphoric ester groups is 1. The van der Waals surface area contributed by atoms with E-state index in [1.807, 2.05) is 33.3 Å². The maximum atomic E-state index is 13.6. The van der Waals surface area contributed by atoms with Gasteiger partial charge in [0.1, 0.15) is 19.3 Å². The summed E-state index contributed by atoms with van der Waals surface area (Å²) in [6, 6.07) is -0.876. The molecule has 0 saturated heterocycles. The lowest BCUT2D eigenvalue weighted by Crippen LogP contribution is -2.47. The maximum Gasteiger partial charge on any atom is 0.472 e. The van der Waals surface area contributed by atoms with Gasteiger partial charge in [0.05, 0.1) is 33.8 Å². The molecule has 83 heavy (non-hydrogen) atoms. The van der Waals surface area contributed by atoms with Crippen LogP contribution in [-0.2, 0) is 27.9 Å². The number of phosphoric acid groups is 1. The Bertz CT molecular complexity index is 1880. The van der Waals surface area contributed by atoms with Crippen LogP contribution in [0.15, 0.2) is 134 Å². The van der Waals surface area contributed by atoms with Crippen molar-refractivity contribution < 1.29 is 37.3 Å². The number of nitrogens with zero attached hydrogens (tertiary/aromatic N) is 1. The molecule has 0 aliphatic heterocycles. The largest absolute Gasteiger partial charge is 0.472 e. The average molecular weight is 1170 g/mol. The first-order chi connectivity index (χ1) is 40.4. The van der Waals surface area contributed by atoms with Gasteiger partial charge < -0.3 is 19.4 Å². The summed E-state index contributed by atoms with van der Waals surface area (Å²) in [5.74, 6) is -0.555. The Kier molecular flexibility index (Phi) is 58.4. The molecule has 9 nitrogen and oxygen atoms in total. The van der Waals surface area contributed by atoms with Crippen molar-refractivity contribution in [3.8, 4) is 0 Å². The predicted molar refractivity (Wildman–Crippen MR) is 359 cm³/mol. The summed E-state index contributed by atoms with van der Waals surface area (Å²) in [6.07, 6.45) is 87.4. The standard InChI is InChI=1S/C73H125N2O7P/c1-7-10-13-16-19-22-25-27-29-31-33-35-37-39-41-43-45-47-50-53-56-59-62-65-72(76)74-70(69-81-83(78,79)80-68-67-75(4,5)6)71(64-61-58-55-52-49-24-21-18-15-12-9-3)82-73(77)66-63-60-57-54-51-48-46-44-42-40-38-36-34-32-30-28-26-23-20-17-14-11-8-2/h11,14,19-20,22-23,27-30,33-36,39-42,46,48,61,64,70-71H,7-10,12-13,15-18,21,24-26,31-32,37-38,43-45,47,49-60,62-63,65-69H2,1-6H3,(H-,74,76,78,79)/p+1/b14-11-,22-19-,23-20-,29-27-,30-28-,35-33-,36-34-,41-39-,42-40-,48-46-,64-61+. The second-order valence-electron chi connectivity index (χ2n) is 23.3. The summed E-state index contributed by atoms with van der Waals surface area (Å²) < 4.78 is 30.7. The molecule has 0 aliphatic rings. The van der Waals surface area contributed by atoms with Crippen molar-refractivity contribution in [3.05, 3.63) is 134 Å². The van der Waals surface area contributed by atoms with E-state index in [0.29, 0.717) is 23.9 Å². The Labute approximate surface area is 511 Å². The van der Waals surface area contributed by atoms with Gasteiger partial charge in [-0.3, -0.25) is 18.6 Å². The van der Waals surface area contributed by atoms with Crippen molar-refractivity contribution in [2.75, 3.05) is 40.9 Å². The number of quaternary nitrogens is 1. The van der Waals surface area contributed by atoms with Gasteiger partial charge in [0.2, 0.25) is 5.91 Å². The van der Waals surface area contributed by atoms with Gasteiger partial charge in [-0.05, 0) is 128 Å². The number of unbranched alkanes of at least 4 members (excludes halogenated alkanes) is 23. The van der Waals surface area contributed by atoms with Crippen molar-refractivity contribution in [3.63, 3.8) is 0 Å². The van der Waals surface area contributed by atoms with Crippen LogP contribution in [0.25, 0.3) is 0 Å². The van der Waals surface area contributed by atoms with Gasteiger partial charge in [0, 0.05) is 12.8 Å². The summed E-state index contributed by atoms with van der Waals surface area (Å²) >= 11 is 0. The molecule has 0 spiro atoms. The van der Waals surface area contributed by atoms with E-state index < -0.39 is 20.0 Å². The highest BCUT2D eigenvalue weighted by atomic mass is 31.2. The number of likely N-dealkylation sites (N-methyl/N-ethyl adjacent to an activating group) is 1. The first-order valence-electron chi connectivity index (χ1n) is 33.5. The molecule has 0 fully saturated rings. The fourth-order valence-corrected chi connectivity index (χ4v) is 9.66. The van der Waals surface area contributed by atoms with Gasteiger partial charge in [-0.15, -0.1) is 0 Å². The summed E-state index contributed by atoms with van der Waals surface area (Å²) in [4.78, 5) is 37.8. The smallest absolute Gasteiger partial charge is 0.456 e. The number of ether oxygens (including phenoxy) is 1. The molecule has 2 N–H and O–H groups in total. The molecule has 0 aromatic carbocycles. The first kappa shape index (κ1) is 79.2. The lowest BCUT2D eigenvalue weighted by molar-refractivity contribution is -0.870. The number of carbonyl (C=O) groups excluding carboxylic acids is 2. The summed E-state index contributed by atoms with van der Waals surface area (Å²) in [7, 11) is 1.45. The van der Waals surface area contributed by atoms with Crippen LogP contribution in [0.4, 0.5) is 0 Å². The van der Waals surface area contributed by atoms with E-state index in [4.69, 9.17) is 13.8 Å². The highest BCUT2D eigenvalue weighted by Crippen LogP contribution is 2.43. The Hall–Kier alpha value is -3.85. The molecule has 3 unspecified atom stereocenters. The van der Waals surface area contributed by atoms with Crippen LogP contribution in [0.1, 0.15) is 265 Å². The van der Waals surface area contributed by atoms with Crippen molar-refractivity contribution in [2.24, 2.45) is 0 Å². The third kappa shape index (κ3) is 62.5. The zero-order valence-corrected chi connectivity index (χ0v) is 55.0. The SMILES string of the molecule is CC/C=C\C/C=C\C/C=C\C/C=C\C/C=C\C/C=C\CCCCCCC(=O)OC(/C=C/CCCCCCCCCCC)C(COP(=O)(O)OCC[N+](C)(C)C)NC(=O)CCCCCCCCC/C=C\C/C=C\C/C=C\C/C=C\CCCCC.